The number of non-ortho nitro benzene ring substituents is 2. The average Bonchev–Trinajstić information content (AvgIpc) is 3.32. The monoisotopic (exact) mass is 498 g/mol. The van der Waals surface area contributed by atoms with E-state index in [1.807, 2.05) is 6.07 Å². The molecule has 184 valence electrons. The summed E-state index contributed by atoms with van der Waals surface area (Å²) in [5.74, 6) is 0.265. The lowest BCUT2D eigenvalue weighted by molar-refractivity contribution is -0.394. The highest BCUT2D eigenvalue weighted by molar-refractivity contribution is 7.98. The van der Waals surface area contributed by atoms with Crippen LogP contribution in [0.2, 0.25) is 0 Å². The van der Waals surface area contributed by atoms with Gasteiger partial charge in [-0.1, -0.05) is 42.1 Å². The van der Waals surface area contributed by atoms with Crippen molar-refractivity contribution in [3.05, 3.63) is 79.9 Å². The van der Waals surface area contributed by atoms with Crippen molar-refractivity contribution in [2.75, 3.05) is 32.7 Å². The first kappa shape index (κ1) is 24.7. The molecular weight excluding hydrogens is 472 g/mol. The number of thioether (sulfide) groups is 1. The summed E-state index contributed by atoms with van der Waals surface area (Å²) < 4.78 is 0. The average molecular weight is 499 g/mol. The number of aryl methyl sites for hydroxylation is 1. The Morgan fingerprint density at radius 1 is 0.857 bits per heavy atom. The zero-order valence-electron chi connectivity index (χ0n) is 19.1. The highest BCUT2D eigenvalue weighted by Crippen LogP contribution is 2.27. The van der Waals surface area contributed by atoms with E-state index in [1.165, 1.54) is 29.5 Å². The molecule has 1 aliphatic heterocycles. The predicted molar refractivity (Wildman–Crippen MR) is 130 cm³/mol. The van der Waals surface area contributed by atoms with Crippen LogP contribution < -0.4 is 0 Å². The molecule has 1 fully saturated rings. The Labute approximate surface area is 206 Å². The van der Waals surface area contributed by atoms with Gasteiger partial charge >= 0.3 is 0 Å². The second-order valence-corrected chi connectivity index (χ2v) is 9.23. The molecule has 0 amide bonds. The largest absolute Gasteiger partial charge is 0.301 e. The maximum Gasteiger partial charge on any atom is 0.276 e. The minimum absolute atomic E-state index is 0.265. The maximum absolute atomic E-state index is 11.0. The molecule has 0 spiro atoms. The summed E-state index contributed by atoms with van der Waals surface area (Å²) in [4.78, 5) is 27.3. The number of aromatic nitrogens is 4. The van der Waals surface area contributed by atoms with Gasteiger partial charge in [0.2, 0.25) is 5.16 Å². The van der Waals surface area contributed by atoms with E-state index < -0.39 is 9.85 Å². The van der Waals surface area contributed by atoms with Crippen molar-refractivity contribution < 1.29 is 9.85 Å². The van der Waals surface area contributed by atoms with E-state index in [2.05, 4.69) is 49.5 Å². The summed E-state index contributed by atoms with van der Waals surface area (Å²) in [6.07, 6.45) is 0.899. The molecule has 13 heteroatoms. The van der Waals surface area contributed by atoms with Crippen LogP contribution in [0.4, 0.5) is 11.4 Å². The molecule has 3 aromatic rings. The zero-order chi connectivity index (χ0) is 24.6. The van der Waals surface area contributed by atoms with Gasteiger partial charge in [0.1, 0.15) is 0 Å². The van der Waals surface area contributed by atoms with Gasteiger partial charge in [-0.3, -0.25) is 25.1 Å². The van der Waals surface area contributed by atoms with Crippen molar-refractivity contribution in [3.8, 4) is 0 Å². The molecule has 1 saturated heterocycles. The number of nitro groups is 2. The molecule has 0 N–H and O–H groups in total. The molecule has 1 aromatic heterocycles. The third-order valence-electron chi connectivity index (χ3n) is 5.73. The number of hydrogen-bond donors (Lipinski definition) is 0. The lowest BCUT2D eigenvalue weighted by Crippen LogP contribution is -2.46. The minimum Gasteiger partial charge on any atom is -0.301 e. The molecule has 2 aromatic carbocycles. The Hall–Kier alpha value is -3.42. The number of hydrogen-bond acceptors (Lipinski definition) is 10. The Bertz CT molecular complexity index is 1120. The summed E-state index contributed by atoms with van der Waals surface area (Å²) >= 11 is 1.23. The van der Waals surface area contributed by atoms with Crippen LogP contribution in [0.3, 0.4) is 0 Å². The van der Waals surface area contributed by atoms with E-state index in [-0.39, 0.29) is 17.1 Å². The quantitative estimate of drug-likeness (QED) is 0.220. The molecule has 0 saturated carbocycles. The fraction of sp³-hybridized carbons (Fsp3) is 0.409. The van der Waals surface area contributed by atoms with E-state index in [4.69, 9.17) is 0 Å². The van der Waals surface area contributed by atoms with Crippen LogP contribution >= 0.6 is 11.8 Å². The van der Waals surface area contributed by atoms with Crippen molar-refractivity contribution in [2.45, 2.75) is 30.4 Å². The van der Waals surface area contributed by atoms with Gasteiger partial charge in [0.05, 0.1) is 22.5 Å². The van der Waals surface area contributed by atoms with E-state index in [9.17, 15) is 20.2 Å². The highest BCUT2D eigenvalue weighted by atomic mass is 32.2. The van der Waals surface area contributed by atoms with Crippen LogP contribution in [0.5, 0.6) is 0 Å². The molecule has 0 atom stereocenters. The fourth-order valence-electron chi connectivity index (χ4n) is 3.93. The summed E-state index contributed by atoms with van der Waals surface area (Å²) in [5, 5.41) is 34.9. The SMILES string of the molecule is O=[N+]([O-])c1cc(CSc2nnn(CCCN3CCN(Cc4ccccc4)CC3)n2)cc([N+](=O)[O-])c1. The van der Waals surface area contributed by atoms with Crippen LogP contribution in [0.15, 0.2) is 53.7 Å². The van der Waals surface area contributed by atoms with E-state index in [0.717, 1.165) is 51.8 Å². The first-order chi connectivity index (χ1) is 17.0. The first-order valence-electron chi connectivity index (χ1n) is 11.3. The van der Waals surface area contributed by atoms with Crippen molar-refractivity contribution in [1.29, 1.82) is 0 Å². The molecule has 2 heterocycles. The predicted octanol–water partition coefficient (Wildman–Crippen LogP) is 2.99. The van der Waals surface area contributed by atoms with Crippen molar-refractivity contribution >= 4 is 23.1 Å². The van der Waals surface area contributed by atoms with Crippen LogP contribution in [0.1, 0.15) is 17.5 Å². The normalized spacial score (nSPS) is 14.7. The third-order valence-corrected chi connectivity index (χ3v) is 6.63. The number of nitrogens with zero attached hydrogens (tertiary/aromatic N) is 8. The molecular formula is C22H26N8O4S. The number of tetrazole rings is 1. The molecule has 12 nitrogen and oxygen atoms in total. The van der Waals surface area contributed by atoms with Gasteiger partial charge < -0.3 is 4.90 Å². The molecule has 0 unspecified atom stereocenters. The fourth-order valence-corrected chi connectivity index (χ4v) is 4.64. The highest BCUT2D eigenvalue weighted by Gasteiger charge is 2.18. The van der Waals surface area contributed by atoms with Gasteiger partial charge in [0.15, 0.2) is 0 Å². The molecule has 0 radical (unpaired) electrons. The van der Waals surface area contributed by atoms with E-state index >= 15 is 0 Å². The van der Waals surface area contributed by atoms with Gasteiger partial charge in [-0.2, -0.15) is 4.80 Å². The number of rotatable bonds is 11. The molecule has 0 bridgehead atoms. The third kappa shape index (κ3) is 7.28. The summed E-state index contributed by atoms with van der Waals surface area (Å²) in [6.45, 7) is 6.75. The van der Waals surface area contributed by atoms with Gasteiger partial charge in [-0.05, 0) is 22.8 Å². The Kier molecular flexibility index (Phi) is 8.34. The summed E-state index contributed by atoms with van der Waals surface area (Å²) in [6, 6.07) is 14.1. The van der Waals surface area contributed by atoms with E-state index in [0.29, 0.717) is 17.3 Å². The molecule has 4 rings (SSSR count). The van der Waals surface area contributed by atoms with Crippen LogP contribution in [-0.4, -0.2) is 72.6 Å². The second kappa shape index (κ2) is 11.8. The lowest BCUT2D eigenvalue weighted by Gasteiger charge is -2.34. The van der Waals surface area contributed by atoms with Gasteiger partial charge in [-0.25, -0.2) is 0 Å². The van der Waals surface area contributed by atoms with Crippen LogP contribution in [0.25, 0.3) is 0 Å². The maximum atomic E-state index is 11.0. The van der Waals surface area contributed by atoms with Crippen LogP contribution in [0, 0.1) is 20.2 Å². The molecule has 0 aliphatic carbocycles. The Balaban J connectivity index is 1.19. The van der Waals surface area contributed by atoms with Gasteiger partial charge in [-0.15, -0.1) is 10.2 Å². The molecule has 1 aliphatic rings. The number of benzene rings is 2. The summed E-state index contributed by atoms with van der Waals surface area (Å²) in [5.41, 5.74) is 1.17. The van der Waals surface area contributed by atoms with Crippen LogP contribution in [-0.2, 0) is 18.8 Å². The van der Waals surface area contributed by atoms with Gasteiger partial charge in [0, 0.05) is 57.2 Å². The number of nitro benzene ring substituents is 2. The van der Waals surface area contributed by atoms with E-state index in [1.54, 1.807) is 4.80 Å². The second-order valence-electron chi connectivity index (χ2n) is 8.29. The Morgan fingerprint density at radius 2 is 1.51 bits per heavy atom. The van der Waals surface area contributed by atoms with Crippen molar-refractivity contribution in [3.63, 3.8) is 0 Å². The standard InChI is InChI=1S/C22H26N8O4S/c31-29(32)20-13-19(14-21(15-20)30(33)34)17-35-22-23-25-28(24-22)8-4-7-26-9-11-27(12-10-26)16-18-5-2-1-3-6-18/h1-3,5-6,13-15H,4,7-12,16-17H2. The van der Waals surface area contributed by atoms with Crippen molar-refractivity contribution in [2.24, 2.45) is 0 Å². The first-order valence-corrected chi connectivity index (χ1v) is 12.3. The topological polar surface area (TPSA) is 136 Å². The van der Waals surface area contributed by atoms with Gasteiger partial charge in [0.25, 0.3) is 11.4 Å². The zero-order valence-corrected chi connectivity index (χ0v) is 19.9. The molecule has 35 heavy (non-hydrogen) atoms. The Morgan fingerprint density at radius 3 is 2.17 bits per heavy atom. The summed E-state index contributed by atoms with van der Waals surface area (Å²) in [7, 11) is 0. The minimum atomic E-state index is -0.640. The number of piperazine rings is 1. The smallest absolute Gasteiger partial charge is 0.276 e. The lowest BCUT2D eigenvalue weighted by atomic mass is 10.2. The van der Waals surface area contributed by atoms with Crippen molar-refractivity contribution in [1.82, 2.24) is 30.0 Å².